The third kappa shape index (κ3) is 3.55. The molecular weight excluding hydrogens is 261 g/mol. The second kappa shape index (κ2) is 6.18. The van der Waals surface area contributed by atoms with E-state index in [1.54, 1.807) is 6.07 Å². The molecule has 2 atom stereocenters. The smallest absolute Gasteiger partial charge is 0.127 e. The SMILES string of the molecule is CC(N[C@H](C)c1ccc(Cl)cc1)c1ccccc1F. The first kappa shape index (κ1) is 14.0. The van der Waals surface area contributed by atoms with Gasteiger partial charge in [0.2, 0.25) is 0 Å². The standard InChI is InChI=1S/C16H17ClFN/c1-11(13-7-9-14(17)10-8-13)19-12(2)15-5-3-4-6-16(15)18/h3-12,19H,1-2H3/t11-,12?/m1/s1. The summed E-state index contributed by atoms with van der Waals surface area (Å²) in [5.74, 6) is -0.175. The molecule has 0 bridgehead atoms. The molecule has 0 saturated carbocycles. The van der Waals surface area contributed by atoms with E-state index >= 15 is 0 Å². The Morgan fingerprint density at radius 1 is 0.947 bits per heavy atom. The molecular formula is C16H17ClFN. The minimum atomic E-state index is -0.175. The van der Waals surface area contributed by atoms with Gasteiger partial charge in [-0.3, -0.25) is 0 Å². The number of hydrogen-bond donors (Lipinski definition) is 1. The van der Waals surface area contributed by atoms with Gasteiger partial charge in [-0.2, -0.15) is 0 Å². The highest BCUT2D eigenvalue weighted by molar-refractivity contribution is 6.30. The molecule has 0 radical (unpaired) electrons. The molecule has 0 aromatic heterocycles. The maximum atomic E-state index is 13.7. The third-order valence-corrected chi connectivity index (χ3v) is 3.49. The molecule has 0 amide bonds. The van der Waals surface area contributed by atoms with E-state index < -0.39 is 0 Å². The van der Waals surface area contributed by atoms with Gasteiger partial charge < -0.3 is 5.32 Å². The lowest BCUT2D eigenvalue weighted by Gasteiger charge is -2.21. The van der Waals surface area contributed by atoms with Crippen LogP contribution in [0.5, 0.6) is 0 Å². The van der Waals surface area contributed by atoms with Gasteiger partial charge in [0.05, 0.1) is 0 Å². The van der Waals surface area contributed by atoms with Crippen LogP contribution >= 0.6 is 11.6 Å². The third-order valence-electron chi connectivity index (χ3n) is 3.24. The lowest BCUT2D eigenvalue weighted by Crippen LogP contribution is -2.23. The van der Waals surface area contributed by atoms with E-state index in [2.05, 4.69) is 12.2 Å². The number of benzene rings is 2. The van der Waals surface area contributed by atoms with E-state index in [0.717, 1.165) is 10.6 Å². The molecule has 2 aromatic carbocycles. The van der Waals surface area contributed by atoms with Crippen molar-refractivity contribution in [2.45, 2.75) is 25.9 Å². The van der Waals surface area contributed by atoms with E-state index in [9.17, 15) is 4.39 Å². The zero-order valence-electron chi connectivity index (χ0n) is 11.0. The molecule has 1 nitrogen and oxygen atoms in total. The average molecular weight is 278 g/mol. The van der Waals surface area contributed by atoms with Gasteiger partial charge in [0.15, 0.2) is 0 Å². The van der Waals surface area contributed by atoms with E-state index in [1.165, 1.54) is 6.07 Å². The van der Waals surface area contributed by atoms with Gasteiger partial charge in [-0.15, -0.1) is 0 Å². The van der Waals surface area contributed by atoms with Gasteiger partial charge in [0.25, 0.3) is 0 Å². The Morgan fingerprint density at radius 3 is 2.21 bits per heavy atom. The second-order valence-electron chi connectivity index (χ2n) is 4.68. The molecule has 19 heavy (non-hydrogen) atoms. The Balaban J connectivity index is 2.08. The number of nitrogens with one attached hydrogen (secondary N) is 1. The van der Waals surface area contributed by atoms with Crippen LogP contribution < -0.4 is 5.32 Å². The molecule has 2 aromatic rings. The summed E-state index contributed by atoms with van der Waals surface area (Å²) in [6.07, 6.45) is 0. The van der Waals surface area contributed by atoms with Crippen molar-refractivity contribution in [2.24, 2.45) is 0 Å². The highest BCUT2D eigenvalue weighted by atomic mass is 35.5. The van der Waals surface area contributed by atoms with Crippen LogP contribution in [0, 0.1) is 5.82 Å². The summed E-state index contributed by atoms with van der Waals surface area (Å²) in [5.41, 5.74) is 1.82. The van der Waals surface area contributed by atoms with Gasteiger partial charge in [-0.05, 0) is 37.6 Å². The second-order valence-corrected chi connectivity index (χ2v) is 5.12. The normalized spacial score (nSPS) is 14.1. The summed E-state index contributed by atoms with van der Waals surface area (Å²) in [7, 11) is 0. The number of halogens is 2. The molecule has 1 unspecified atom stereocenters. The summed E-state index contributed by atoms with van der Waals surface area (Å²) < 4.78 is 13.7. The van der Waals surface area contributed by atoms with Gasteiger partial charge in [-0.1, -0.05) is 41.9 Å². The van der Waals surface area contributed by atoms with Gasteiger partial charge in [0, 0.05) is 22.7 Å². The van der Waals surface area contributed by atoms with Crippen molar-refractivity contribution in [3.05, 3.63) is 70.5 Å². The van der Waals surface area contributed by atoms with E-state index in [0.29, 0.717) is 5.56 Å². The van der Waals surface area contributed by atoms with Crippen molar-refractivity contribution in [1.29, 1.82) is 0 Å². The average Bonchev–Trinajstić information content (AvgIpc) is 2.39. The first-order chi connectivity index (χ1) is 9.08. The van der Waals surface area contributed by atoms with Crippen LogP contribution in [0.1, 0.15) is 37.1 Å². The molecule has 100 valence electrons. The summed E-state index contributed by atoms with van der Waals surface area (Å²) in [5, 5.41) is 4.11. The molecule has 0 saturated heterocycles. The summed E-state index contributed by atoms with van der Waals surface area (Å²) in [6.45, 7) is 4.02. The Bertz CT molecular complexity index is 539. The molecule has 0 aliphatic heterocycles. The summed E-state index contributed by atoms with van der Waals surface area (Å²) in [6, 6.07) is 14.6. The minimum Gasteiger partial charge on any atom is -0.304 e. The quantitative estimate of drug-likeness (QED) is 0.839. The maximum absolute atomic E-state index is 13.7. The first-order valence-corrected chi connectivity index (χ1v) is 6.71. The molecule has 0 aliphatic rings. The lowest BCUT2D eigenvalue weighted by molar-refractivity contribution is 0.474. The van der Waals surface area contributed by atoms with Crippen molar-refractivity contribution in [1.82, 2.24) is 5.32 Å². The maximum Gasteiger partial charge on any atom is 0.127 e. The Kier molecular flexibility index (Phi) is 4.56. The van der Waals surface area contributed by atoms with Crippen LogP contribution in [0.25, 0.3) is 0 Å². The molecule has 3 heteroatoms. The first-order valence-electron chi connectivity index (χ1n) is 6.34. The molecule has 2 rings (SSSR count). The molecule has 0 aliphatic carbocycles. The molecule has 0 fully saturated rings. The Hall–Kier alpha value is -1.38. The largest absolute Gasteiger partial charge is 0.304 e. The summed E-state index contributed by atoms with van der Waals surface area (Å²) in [4.78, 5) is 0. The fourth-order valence-electron chi connectivity index (χ4n) is 2.14. The molecule has 0 heterocycles. The van der Waals surface area contributed by atoms with Crippen molar-refractivity contribution >= 4 is 11.6 Å². The van der Waals surface area contributed by atoms with Gasteiger partial charge >= 0.3 is 0 Å². The van der Waals surface area contributed by atoms with Crippen molar-refractivity contribution in [2.75, 3.05) is 0 Å². The number of hydrogen-bond acceptors (Lipinski definition) is 1. The van der Waals surface area contributed by atoms with Crippen LogP contribution in [-0.2, 0) is 0 Å². The Labute approximate surface area is 118 Å². The van der Waals surface area contributed by atoms with E-state index in [-0.39, 0.29) is 17.9 Å². The van der Waals surface area contributed by atoms with Crippen LogP contribution in [0.3, 0.4) is 0 Å². The zero-order chi connectivity index (χ0) is 13.8. The topological polar surface area (TPSA) is 12.0 Å². The zero-order valence-corrected chi connectivity index (χ0v) is 11.8. The predicted molar refractivity (Wildman–Crippen MR) is 77.8 cm³/mol. The van der Waals surface area contributed by atoms with Gasteiger partial charge in [0.1, 0.15) is 5.82 Å². The highest BCUT2D eigenvalue weighted by Crippen LogP contribution is 2.22. The van der Waals surface area contributed by atoms with E-state index in [1.807, 2.05) is 43.3 Å². The number of rotatable bonds is 4. The van der Waals surface area contributed by atoms with Crippen molar-refractivity contribution < 1.29 is 4.39 Å². The minimum absolute atomic E-state index is 0.0492. The molecule has 0 spiro atoms. The fraction of sp³-hybridized carbons (Fsp3) is 0.250. The molecule has 1 N–H and O–H groups in total. The Morgan fingerprint density at radius 2 is 1.58 bits per heavy atom. The summed E-state index contributed by atoms with van der Waals surface area (Å²) >= 11 is 5.87. The predicted octanol–water partition coefficient (Wildman–Crippen LogP) is 4.89. The van der Waals surface area contributed by atoms with Crippen LogP contribution in [0.2, 0.25) is 5.02 Å². The van der Waals surface area contributed by atoms with Crippen LogP contribution in [-0.4, -0.2) is 0 Å². The lowest BCUT2D eigenvalue weighted by atomic mass is 10.0. The van der Waals surface area contributed by atoms with Gasteiger partial charge in [-0.25, -0.2) is 4.39 Å². The van der Waals surface area contributed by atoms with Crippen molar-refractivity contribution in [3.8, 4) is 0 Å². The van der Waals surface area contributed by atoms with E-state index in [4.69, 9.17) is 11.6 Å². The highest BCUT2D eigenvalue weighted by Gasteiger charge is 2.13. The van der Waals surface area contributed by atoms with Crippen molar-refractivity contribution in [3.63, 3.8) is 0 Å². The monoisotopic (exact) mass is 277 g/mol. The van der Waals surface area contributed by atoms with Crippen LogP contribution in [0.15, 0.2) is 48.5 Å². The van der Waals surface area contributed by atoms with Crippen LogP contribution in [0.4, 0.5) is 4.39 Å². The fourth-order valence-corrected chi connectivity index (χ4v) is 2.26.